The van der Waals surface area contributed by atoms with Crippen molar-refractivity contribution in [3.8, 4) is 5.69 Å². The summed E-state index contributed by atoms with van der Waals surface area (Å²) in [6.45, 7) is 0. The Hall–Kier alpha value is -1.90. The van der Waals surface area contributed by atoms with Gasteiger partial charge in [-0.05, 0) is 46.3 Å². The normalized spacial score (nSPS) is 16.0. The van der Waals surface area contributed by atoms with Crippen LogP contribution in [0.2, 0.25) is 5.02 Å². The minimum Gasteiger partial charge on any atom is -0.444 e. The highest BCUT2D eigenvalue weighted by Crippen LogP contribution is 2.32. The van der Waals surface area contributed by atoms with Gasteiger partial charge in [0.15, 0.2) is 10.4 Å². The average Bonchev–Trinajstić information content (AvgIpc) is 3.23. The number of furan rings is 1. The smallest absolute Gasteiger partial charge is 0.292 e. The molecule has 1 aromatic carbocycles. The largest absolute Gasteiger partial charge is 0.444 e. The highest BCUT2D eigenvalue weighted by Gasteiger charge is 2.29. The third-order valence-electron chi connectivity index (χ3n) is 3.75. The maximum Gasteiger partial charge on any atom is 0.292 e. The number of anilines is 1. The molecule has 0 radical (unpaired) electrons. The number of carbonyl (C=O) groups excluding carboxylic acids is 1. The predicted octanol–water partition coefficient (Wildman–Crippen LogP) is 3.90. The number of hydrogen-bond acceptors (Lipinski definition) is 4. The van der Waals surface area contributed by atoms with Crippen LogP contribution in [0, 0.1) is 0 Å². The lowest BCUT2D eigenvalue weighted by Crippen LogP contribution is -2.16. The summed E-state index contributed by atoms with van der Waals surface area (Å²) in [4.78, 5) is 12.5. The van der Waals surface area contributed by atoms with Crippen LogP contribution in [0.5, 0.6) is 0 Å². The van der Waals surface area contributed by atoms with E-state index in [9.17, 15) is 9.00 Å². The average molecular weight is 441 g/mol. The van der Waals surface area contributed by atoms with E-state index in [1.165, 1.54) is 0 Å². The first kappa shape index (κ1) is 16.6. The van der Waals surface area contributed by atoms with E-state index in [0.29, 0.717) is 38.4 Å². The summed E-state index contributed by atoms with van der Waals surface area (Å²) in [7, 11) is -1.01. The van der Waals surface area contributed by atoms with Crippen molar-refractivity contribution in [1.29, 1.82) is 0 Å². The minimum atomic E-state index is -1.01. The summed E-state index contributed by atoms with van der Waals surface area (Å²) in [5, 5.41) is 7.90. The zero-order valence-corrected chi connectivity index (χ0v) is 15.8. The number of rotatable bonds is 3. The number of hydrogen-bond donors (Lipinski definition) is 1. The predicted molar refractivity (Wildman–Crippen MR) is 98.5 cm³/mol. The molecule has 0 saturated heterocycles. The molecule has 9 heteroatoms. The molecule has 0 spiro atoms. The Bertz CT molecular complexity index is 1010. The van der Waals surface area contributed by atoms with Crippen molar-refractivity contribution in [2.24, 2.45) is 0 Å². The lowest BCUT2D eigenvalue weighted by Gasteiger charge is -2.10. The number of nitrogens with zero attached hydrogens (tertiary/aromatic N) is 2. The Morgan fingerprint density at radius 1 is 1.32 bits per heavy atom. The first-order valence-electron chi connectivity index (χ1n) is 7.29. The maximum absolute atomic E-state index is 12.5. The molecule has 128 valence electrons. The zero-order valence-electron chi connectivity index (χ0n) is 12.7. The van der Waals surface area contributed by atoms with Crippen molar-refractivity contribution in [2.75, 3.05) is 5.32 Å². The minimum absolute atomic E-state index is 0.165. The van der Waals surface area contributed by atoms with Gasteiger partial charge in [0.1, 0.15) is 5.82 Å². The van der Waals surface area contributed by atoms with Gasteiger partial charge in [-0.25, -0.2) is 4.68 Å². The van der Waals surface area contributed by atoms with Crippen LogP contribution in [0.4, 0.5) is 5.82 Å². The summed E-state index contributed by atoms with van der Waals surface area (Å²) < 4.78 is 19.2. The Labute approximate surface area is 158 Å². The van der Waals surface area contributed by atoms with Crippen LogP contribution in [0.1, 0.15) is 21.8 Å². The van der Waals surface area contributed by atoms with Gasteiger partial charge in [0.2, 0.25) is 0 Å². The number of carbonyl (C=O) groups is 1. The topological polar surface area (TPSA) is 77.1 Å². The van der Waals surface area contributed by atoms with Crippen LogP contribution in [-0.2, 0) is 22.3 Å². The molecule has 4 rings (SSSR count). The van der Waals surface area contributed by atoms with Gasteiger partial charge in [-0.2, -0.15) is 5.10 Å². The van der Waals surface area contributed by atoms with Crippen LogP contribution in [0.3, 0.4) is 0 Å². The molecule has 0 fully saturated rings. The summed E-state index contributed by atoms with van der Waals surface area (Å²) in [5.41, 5.74) is 2.20. The lowest BCUT2D eigenvalue weighted by molar-refractivity contribution is 0.0994. The second-order valence-electron chi connectivity index (χ2n) is 5.45. The monoisotopic (exact) mass is 439 g/mol. The van der Waals surface area contributed by atoms with Gasteiger partial charge in [0.25, 0.3) is 5.91 Å². The first-order valence-corrected chi connectivity index (χ1v) is 9.95. The quantitative estimate of drug-likeness (QED) is 0.670. The Kier molecular flexibility index (Phi) is 4.26. The van der Waals surface area contributed by atoms with E-state index in [1.54, 1.807) is 35.0 Å². The van der Waals surface area contributed by atoms with Gasteiger partial charge < -0.3 is 9.73 Å². The van der Waals surface area contributed by atoms with E-state index in [2.05, 4.69) is 26.3 Å². The number of aromatic nitrogens is 2. The summed E-state index contributed by atoms with van der Waals surface area (Å²) in [6, 6.07) is 10.4. The Balaban J connectivity index is 1.77. The molecule has 25 heavy (non-hydrogen) atoms. The van der Waals surface area contributed by atoms with E-state index >= 15 is 0 Å². The Morgan fingerprint density at radius 3 is 2.88 bits per heavy atom. The van der Waals surface area contributed by atoms with Gasteiger partial charge in [-0.3, -0.25) is 9.00 Å². The van der Waals surface area contributed by atoms with Crippen molar-refractivity contribution in [3.63, 3.8) is 0 Å². The second-order valence-corrected chi connectivity index (χ2v) is 8.13. The van der Waals surface area contributed by atoms with Crippen molar-refractivity contribution in [3.05, 3.63) is 63.1 Å². The first-order chi connectivity index (χ1) is 12.0. The number of nitrogens with one attached hydrogen (secondary N) is 1. The highest BCUT2D eigenvalue weighted by molar-refractivity contribution is 9.10. The SMILES string of the molecule is O=C(Nc1c2c(nn1-c1cccc(Cl)c1)CS(=O)C2)c1ccc(Br)o1. The summed E-state index contributed by atoms with van der Waals surface area (Å²) >= 11 is 9.25. The van der Waals surface area contributed by atoms with E-state index in [4.69, 9.17) is 16.0 Å². The molecule has 0 aliphatic carbocycles. The number of fused-ring (bicyclic) bond motifs is 1. The van der Waals surface area contributed by atoms with Crippen LogP contribution >= 0.6 is 27.5 Å². The summed E-state index contributed by atoms with van der Waals surface area (Å²) in [6.07, 6.45) is 0. The van der Waals surface area contributed by atoms with Crippen LogP contribution in [0.25, 0.3) is 5.69 Å². The highest BCUT2D eigenvalue weighted by atomic mass is 79.9. The standard InChI is InChI=1S/C16H11BrClN3O3S/c17-14-5-4-13(24-14)16(22)19-15-11-7-25(23)8-12(11)20-21(15)10-3-1-2-9(18)6-10/h1-6H,7-8H2,(H,19,22). The van der Waals surface area contributed by atoms with Crippen molar-refractivity contribution < 1.29 is 13.4 Å². The number of amides is 1. The van der Waals surface area contributed by atoms with Crippen LogP contribution < -0.4 is 5.32 Å². The van der Waals surface area contributed by atoms with Gasteiger partial charge in [0, 0.05) is 21.4 Å². The van der Waals surface area contributed by atoms with E-state index in [0.717, 1.165) is 5.56 Å². The van der Waals surface area contributed by atoms with Gasteiger partial charge in [-0.1, -0.05) is 17.7 Å². The fraction of sp³-hybridized carbons (Fsp3) is 0.125. The van der Waals surface area contributed by atoms with Crippen molar-refractivity contribution in [1.82, 2.24) is 9.78 Å². The molecule has 3 heterocycles. The van der Waals surface area contributed by atoms with Crippen LogP contribution in [-0.4, -0.2) is 19.9 Å². The van der Waals surface area contributed by atoms with Crippen molar-refractivity contribution >= 4 is 50.1 Å². The molecule has 0 bridgehead atoms. The molecule has 1 atom stereocenters. The molecule has 1 amide bonds. The van der Waals surface area contributed by atoms with E-state index in [-0.39, 0.29) is 5.76 Å². The number of halogens is 2. The summed E-state index contributed by atoms with van der Waals surface area (Å²) in [5.74, 6) is 0.972. The Morgan fingerprint density at radius 2 is 2.16 bits per heavy atom. The molecule has 3 aromatic rings. The molecular formula is C16H11BrClN3O3S. The van der Waals surface area contributed by atoms with Gasteiger partial charge in [0.05, 0.1) is 22.9 Å². The third-order valence-corrected chi connectivity index (χ3v) is 5.62. The van der Waals surface area contributed by atoms with E-state index < -0.39 is 16.7 Å². The fourth-order valence-corrected chi connectivity index (χ4v) is 4.41. The van der Waals surface area contributed by atoms with Crippen LogP contribution in [0.15, 0.2) is 45.5 Å². The second kappa shape index (κ2) is 6.44. The number of benzene rings is 1. The maximum atomic E-state index is 12.5. The third kappa shape index (κ3) is 3.17. The zero-order chi connectivity index (χ0) is 17.6. The molecule has 2 aromatic heterocycles. The molecule has 0 saturated carbocycles. The molecular weight excluding hydrogens is 430 g/mol. The molecule has 1 unspecified atom stereocenters. The van der Waals surface area contributed by atoms with Crippen molar-refractivity contribution in [2.45, 2.75) is 11.5 Å². The lowest BCUT2D eigenvalue weighted by atomic mass is 10.2. The molecule has 6 nitrogen and oxygen atoms in total. The van der Waals surface area contributed by atoms with E-state index in [1.807, 2.05) is 6.07 Å². The van der Waals surface area contributed by atoms with Gasteiger partial charge >= 0.3 is 0 Å². The fourth-order valence-electron chi connectivity index (χ4n) is 2.66. The molecule has 1 aliphatic heterocycles. The van der Waals surface area contributed by atoms with Gasteiger partial charge in [-0.15, -0.1) is 0 Å². The molecule has 1 N–H and O–H groups in total. The molecule has 1 aliphatic rings.